The molecule has 27 heavy (non-hydrogen) atoms. The number of carbonyl (C=O) groups excluding carboxylic acids is 2. The summed E-state index contributed by atoms with van der Waals surface area (Å²) in [4.78, 5) is 23.8. The van der Waals surface area contributed by atoms with E-state index in [1.807, 2.05) is 13.0 Å². The van der Waals surface area contributed by atoms with E-state index in [2.05, 4.69) is 10.6 Å². The zero-order valence-electron chi connectivity index (χ0n) is 15.7. The molecule has 0 heterocycles. The summed E-state index contributed by atoms with van der Waals surface area (Å²) < 4.78 is 10.4. The van der Waals surface area contributed by atoms with E-state index in [9.17, 15) is 9.59 Å². The van der Waals surface area contributed by atoms with Gasteiger partial charge in [0.25, 0.3) is 0 Å². The molecule has 0 saturated carbocycles. The van der Waals surface area contributed by atoms with Gasteiger partial charge < -0.3 is 20.1 Å². The Morgan fingerprint density at radius 3 is 2.33 bits per heavy atom. The molecule has 0 aromatic heterocycles. The second-order valence-corrected chi connectivity index (χ2v) is 5.82. The van der Waals surface area contributed by atoms with Crippen molar-refractivity contribution < 1.29 is 19.1 Å². The molecule has 2 amide bonds. The van der Waals surface area contributed by atoms with Gasteiger partial charge in [-0.1, -0.05) is 19.1 Å². The van der Waals surface area contributed by atoms with Gasteiger partial charge in [0.05, 0.1) is 14.2 Å². The lowest BCUT2D eigenvalue weighted by molar-refractivity contribution is -0.116. The predicted molar refractivity (Wildman–Crippen MR) is 107 cm³/mol. The first-order chi connectivity index (χ1) is 13.0. The number of benzene rings is 2. The number of hydrogen-bond donors (Lipinski definition) is 2. The van der Waals surface area contributed by atoms with Crippen LogP contribution in [0.4, 0.5) is 11.4 Å². The average molecular weight is 368 g/mol. The van der Waals surface area contributed by atoms with Gasteiger partial charge in [0.2, 0.25) is 11.8 Å². The Hall–Kier alpha value is -3.28. The number of ether oxygens (including phenoxy) is 2. The summed E-state index contributed by atoms with van der Waals surface area (Å²) in [6.45, 7) is 1.95. The van der Waals surface area contributed by atoms with Gasteiger partial charge >= 0.3 is 0 Å². The van der Waals surface area contributed by atoms with Gasteiger partial charge in [-0.3, -0.25) is 9.59 Å². The third-order valence-electron chi connectivity index (χ3n) is 3.73. The predicted octanol–water partition coefficient (Wildman–Crippen LogP) is 4.09. The highest BCUT2D eigenvalue weighted by Crippen LogP contribution is 2.28. The lowest BCUT2D eigenvalue weighted by Gasteiger charge is -2.08. The summed E-state index contributed by atoms with van der Waals surface area (Å²) in [5, 5.41) is 5.58. The smallest absolute Gasteiger partial charge is 0.248 e. The van der Waals surface area contributed by atoms with Crippen molar-refractivity contribution in [3.8, 4) is 11.5 Å². The molecule has 142 valence electrons. The van der Waals surface area contributed by atoms with Crippen molar-refractivity contribution in [3.63, 3.8) is 0 Å². The zero-order chi connectivity index (χ0) is 19.6. The van der Waals surface area contributed by atoms with Gasteiger partial charge in [-0.15, -0.1) is 0 Å². The molecule has 6 nitrogen and oxygen atoms in total. The number of anilines is 2. The summed E-state index contributed by atoms with van der Waals surface area (Å²) in [7, 11) is 3.13. The Morgan fingerprint density at radius 2 is 1.67 bits per heavy atom. The Balaban J connectivity index is 2.01. The first-order valence-electron chi connectivity index (χ1n) is 8.66. The van der Waals surface area contributed by atoms with Crippen LogP contribution in [0.25, 0.3) is 6.08 Å². The molecule has 0 aliphatic carbocycles. The van der Waals surface area contributed by atoms with Crippen molar-refractivity contribution in [3.05, 3.63) is 54.1 Å². The fourth-order valence-electron chi connectivity index (χ4n) is 2.44. The molecule has 0 fully saturated rings. The maximum atomic E-state index is 12.2. The molecule has 6 heteroatoms. The number of amides is 2. The van der Waals surface area contributed by atoms with Crippen LogP contribution in [0.15, 0.2) is 48.5 Å². The first-order valence-corrected chi connectivity index (χ1v) is 8.66. The quantitative estimate of drug-likeness (QED) is 0.688. The first kappa shape index (κ1) is 20.0. The minimum absolute atomic E-state index is 0.0469. The molecule has 0 unspecified atom stereocenters. The number of rotatable bonds is 8. The van der Waals surface area contributed by atoms with Crippen LogP contribution in [-0.2, 0) is 9.59 Å². The molecular weight excluding hydrogens is 344 g/mol. The highest BCUT2D eigenvalue weighted by molar-refractivity contribution is 6.02. The molecule has 2 aromatic rings. The molecule has 0 radical (unpaired) electrons. The second-order valence-electron chi connectivity index (χ2n) is 5.82. The molecule has 0 spiro atoms. The van der Waals surface area contributed by atoms with Crippen LogP contribution in [0, 0.1) is 0 Å². The van der Waals surface area contributed by atoms with Crippen molar-refractivity contribution >= 4 is 29.3 Å². The fraction of sp³-hybridized carbons (Fsp3) is 0.238. The molecule has 0 aliphatic heterocycles. The highest BCUT2D eigenvalue weighted by Gasteiger charge is 2.05. The molecule has 0 bridgehead atoms. The summed E-state index contributed by atoms with van der Waals surface area (Å²) in [6.07, 6.45) is 4.36. The van der Waals surface area contributed by atoms with Crippen LogP contribution in [0.3, 0.4) is 0 Å². The SMILES string of the molecule is CCCC(=O)Nc1cccc(NC(=O)/C=C/c2ccc(OC)c(OC)c2)c1. The molecule has 0 aliphatic rings. The van der Waals surface area contributed by atoms with E-state index in [4.69, 9.17) is 9.47 Å². The third kappa shape index (κ3) is 6.18. The van der Waals surface area contributed by atoms with Gasteiger partial charge in [0.15, 0.2) is 11.5 Å². The highest BCUT2D eigenvalue weighted by atomic mass is 16.5. The van der Waals surface area contributed by atoms with E-state index in [-0.39, 0.29) is 11.8 Å². The monoisotopic (exact) mass is 368 g/mol. The van der Waals surface area contributed by atoms with Crippen molar-refractivity contribution in [1.82, 2.24) is 0 Å². The zero-order valence-corrected chi connectivity index (χ0v) is 15.7. The standard InChI is InChI=1S/C21H24N2O4/c1-4-6-20(24)22-16-7-5-8-17(14-16)23-21(25)12-10-15-9-11-18(26-2)19(13-15)27-3/h5,7-14H,4,6H2,1-3H3,(H,22,24)(H,23,25)/b12-10+. The Kier molecular flexibility index (Phi) is 7.43. The van der Waals surface area contributed by atoms with Crippen LogP contribution in [0.2, 0.25) is 0 Å². The van der Waals surface area contributed by atoms with Gasteiger partial charge in [-0.2, -0.15) is 0 Å². The second kappa shape index (κ2) is 10.0. The Labute approximate surface area is 159 Å². The molecule has 2 aromatic carbocycles. The van der Waals surface area contributed by atoms with Gasteiger partial charge in [0.1, 0.15) is 0 Å². The van der Waals surface area contributed by atoms with Crippen molar-refractivity contribution in [2.45, 2.75) is 19.8 Å². The van der Waals surface area contributed by atoms with E-state index in [1.165, 1.54) is 6.08 Å². The summed E-state index contributed by atoms with van der Waals surface area (Å²) in [6, 6.07) is 12.4. The van der Waals surface area contributed by atoms with Gasteiger partial charge in [-0.25, -0.2) is 0 Å². The lowest BCUT2D eigenvalue weighted by atomic mass is 10.2. The Bertz CT molecular complexity index is 831. The minimum Gasteiger partial charge on any atom is -0.493 e. The van der Waals surface area contributed by atoms with E-state index >= 15 is 0 Å². The van der Waals surface area contributed by atoms with Crippen molar-refractivity contribution in [2.75, 3.05) is 24.9 Å². The van der Waals surface area contributed by atoms with Crippen LogP contribution in [0.5, 0.6) is 11.5 Å². The molecule has 0 atom stereocenters. The maximum absolute atomic E-state index is 12.2. The molecule has 2 rings (SSSR count). The van der Waals surface area contributed by atoms with E-state index < -0.39 is 0 Å². The van der Waals surface area contributed by atoms with Crippen LogP contribution >= 0.6 is 0 Å². The van der Waals surface area contributed by atoms with Crippen LogP contribution in [-0.4, -0.2) is 26.0 Å². The largest absolute Gasteiger partial charge is 0.493 e. The topological polar surface area (TPSA) is 76.7 Å². The fourth-order valence-corrected chi connectivity index (χ4v) is 2.44. The van der Waals surface area contributed by atoms with E-state index in [1.54, 1.807) is 56.7 Å². The molecular formula is C21H24N2O4. The van der Waals surface area contributed by atoms with Gasteiger partial charge in [-0.05, 0) is 48.4 Å². The van der Waals surface area contributed by atoms with E-state index in [0.29, 0.717) is 29.3 Å². The summed E-state index contributed by atoms with van der Waals surface area (Å²) in [5.41, 5.74) is 2.06. The molecule has 0 saturated heterocycles. The number of carbonyl (C=O) groups is 2. The maximum Gasteiger partial charge on any atom is 0.248 e. The lowest BCUT2D eigenvalue weighted by Crippen LogP contribution is -2.12. The number of methoxy groups -OCH3 is 2. The third-order valence-corrected chi connectivity index (χ3v) is 3.73. The van der Waals surface area contributed by atoms with E-state index in [0.717, 1.165) is 12.0 Å². The minimum atomic E-state index is -0.276. The Morgan fingerprint density at radius 1 is 0.963 bits per heavy atom. The van der Waals surface area contributed by atoms with Crippen molar-refractivity contribution in [1.29, 1.82) is 0 Å². The van der Waals surface area contributed by atoms with Gasteiger partial charge in [0, 0.05) is 23.9 Å². The molecule has 2 N–H and O–H groups in total. The van der Waals surface area contributed by atoms with Crippen LogP contribution in [0.1, 0.15) is 25.3 Å². The summed E-state index contributed by atoms with van der Waals surface area (Å²) >= 11 is 0. The van der Waals surface area contributed by atoms with Crippen LogP contribution < -0.4 is 20.1 Å². The number of nitrogens with one attached hydrogen (secondary N) is 2. The average Bonchev–Trinajstić information content (AvgIpc) is 2.66. The normalized spacial score (nSPS) is 10.5. The number of hydrogen-bond acceptors (Lipinski definition) is 4. The summed E-state index contributed by atoms with van der Waals surface area (Å²) in [5.74, 6) is 0.896. The van der Waals surface area contributed by atoms with Crippen molar-refractivity contribution in [2.24, 2.45) is 0 Å².